The molecule has 0 aliphatic heterocycles. The number of aliphatic hydroxyl groups excluding tert-OH is 1. The molecule has 0 atom stereocenters. The van der Waals surface area contributed by atoms with Crippen molar-refractivity contribution in [2.75, 3.05) is 11.9 Å². The molecule has 3 heteroatoms. The van der Waals surface area contributed by atoms with E-state index < -0.39 is 0 Å². The van der Waals surface area contributed by atoms with Crippen molar-refractivity contribution < 1.29 is 5.11 Å². The van der Waals surface area contributed by atoms with E-state index in [0.717, 1.165) is 36.9 Å². The summed E-state index contributed by atoms with van der Waals surface area (Å²) in [6, 6.07) is 7.94. The molecule has 0 heterocycles. The second kappa shape index (κ2) is 4.77. The van der Waals surface area contributed by atoms with Crippen LogP contribution in [0.2, 0.25) is 0 Å². The zero-order valence-corrected chi connectivity index (χ0v) is 10.2. The average Bonchev–Trinajstić information content (AvgIpc) is 2.79. The maximum atomic E-state index is 9.57. The van der Waals surface area contributed by atoms with Crippen LogP contribution >= 0.6 is 0 Å². The fraction of sp³-hybridized carbons (Fsp3) is 0.500. The van der Waals surface area contributed by atoms with Crippen LogP contribution < -0.4 is 5.32 Å². The van der Waals surface area contributed by atoms with Crippen molar-refractivity contribution in [3.05, 3.63) is 29.3 Å². The van der Waals surface area contributed by atoms with Crippen molar-refractivity contribution in [2.24, 2.45) is 0 Å². The van der Waals surface area contributed by atoms with E-state index in [4.69, 9.17) is 5.26 Å². The smallest absolute Gasteiger partial charge is 0.101 e. The average molecular weight is 230 g/mol. The third kappa shape index (κ3) is 2.42. The van der Waals surface area contributed by atoms with E-state index in [1.807, 2.05) is 25.1 Å². The van der Waals surface area contributed by atoms with Gasteiger partial charge in [0.15, 0.2) is 0 Å². The molecule has 1 aliphatic carbocycles. The van der Waals surface area contributed by atoms with Gasteiger partial charge in [0.25, 0.3) is 0 Å². The summed E-state index contributed by atoms with van der Waals surface area (Å²) >= 11 is 0. The highest BCUT2D eigenvalue weighted by atomic mass is 16.3. The van der Waals surface area contributed by atoms with Gasteiger partial charge < -0.3 is 10.4 Å². The van der Waals surface area contributed by atoms with Crippen LogP contribution in [0.15, 0.2) is 18.2 Å². The van der Waals surface area contributed by atoms with Gasteiger partial charge >= 0.3 is 0 Å². The Hall–Kier alpha value is -1.53. The van der Waals surface area contributed by atoms with E-state index in [1.54, 1.807) is 0 Å². The van der Waals surface area contributed by atoms with Crippen LogP contribution in [0.1, 0.15) is 36.8 Å². The summed E-state index contributed by atoms with van der Waals surface area (Å²) in [6.07, 6.45) is 4.23. The summed E-state index contributed by atoms with van der Waals surface area (Å²) in [6.45, 7) is 2.14. The van der Waals surface area contributed by atoms with Gasteiger partial charge in [-0.1, -0.05) is 18.9 Å². The predicted molar refractivity (Wildman–Crippen MR) is 67.8 cm³/mol. The van der Waals surface area contributed by atoms with Crippen LogP contribution in [0.3, 0.4) is 0 Å². The molecule has 1 fully saturated rings. The molecule has 0 spiro atoms. The molecule has 1 saturated carbocycles. The number of anilines is 1. The summed E-state index contributed by atoms with van der Waals surface area (Å²) < 4.78 is 0. The van der Waals surface area contributed by atoms with E-state index in [0.29, 0.717) is 5.56 Å². The van der Waals surface area contributed by atoms with Gasteiger partial charge in [0.2, 0.25) is 0 Å². The molecule has 0 saturated heterocycles. The molecule has 1 aromatic rings. The van der Waals surface area contributed by atoms with Gasteiger partial charge in [-0.15, -0.1) is 0 Å². The number of hydrogen-bond donors (Lipinski definition) is 2. The van der Waals surface area contributed by atoms with Crippen molar-refractivity contribution in [1.29, 1.82) is 5.26 Å². The first-order chi connectivity index (χ1) is 8.19. The first-order valence-electron chi connectivity index (χ1n) is 6.09. The third-order valence-electron chi connectivity index (χ3n) is 3.56. The van der Waals surface area contributed by atoms with E-state index in [1.165, 1.54) is 0 Å². The number of aryl methyl sites for hydroxylation is 1. The molecule has 17 heavy (non-hydrogen) atoms. The monoisotopic (exact) mass is 230 g/mol. The second-order valence-corrected chi connectivity index (χ2v) is 4.93. The Morgan fingerprint density at radius 3 is 2.71 bits per heavy atom. The highest BCUT2D eigenvalue weighted by molar-refractivity contribution is 5.60. The number of hydrogen-bond acceptors (Lipinski definition) is 3. The lowest BCUT2D eigenvalue weighted by Gasteiger charge is -2.29. The molecule has 0 bridgehead atoms. The zero-order valence-electron chi connectivity index (χ0n) is 10.2. The van der Waals surface area contributed by atoms with Gasteiger partial charge in [0.1, 0.15) is 6.07 Å². The molecule has 0 aromatic heterocycles. The van der Waals surface area contributed by atoms with Gasteiger partial charge in [0, 0.05) is 0 Å². The molecule has 0 unspecified atom stereocenters. The lowest BCUT2D eigenvalue weighted by molar-refractivity contribution is 0.214. The number of aliphatic hydroxyl groups is 1. The van der Waals surface area contributed by atoms with E-state index in [-0.39, 0.29) is 12.1 Å². The molecule has 90 valence electrons. The first kappa shape index (κ1) is 11.9. The Bertz CT molecular complexity index is 442. The first-order valence-corrected chi connectivity index (χ1v) is 6.09. The van der Waals surface area contributed by atoms with Gasteiger partial charge in [-0.3, -0.25) is 0 Å². The molecule has 0 amide bonds. The van der Waals surface area contributed by atoms with E-state index in [2.05, 4.69) is 11.4 Å². The van der Waals surface area contributed by atoms with Crippen LogP contribution in [0.25, 0.3) is 0 Å². The molecule has 2 N–H and O–H groups in total. The third-order valence-corrected chi connectivity index (χ3v) is 3.56. The second-order valence-electron chi connectivity index (χ2n) is 4.93. The Morgan fingerprint density at radius 2 is 2.12 bits per heavy atom. The molecule has 0 radical (unpaired) electrons. The Kier molecular flexibility index (Phi) is 3.35. The summed E-state index contributed by atoms with van der Waals surface area (Å²) in [5.41, 5.74) is 2.40. The minimum atomic E-state index is -0.223. The van der Waals surface area contributed by atoms with Gasteiger partial charge in [0.05, 0.1) is 23.4 Å². The summed E-state index contributed by atoms with van der Waals surface area (Å²) in [5, 5.41) is 22.0. The maximum absolute atomic E-state index is 9.57. The number of nitriles is 1. The van der Waals surface area contributed by atoms with Crippen LogP contribution in [0.4, 0.5) is 5.69 Å². The fourth-order valence-electron chi connectivity index (χ4n) is 2.52. The summed E-state index contributed by atoms with van der Waals surface area (Å²) in [5.74, 6) is 0. The standard InChI is InChI=1S/C14H18N2O/c1-11-4-5-12(9-15)13(8-11)16-14(10-17)6-2-3-7-14/h4-5,8,16-17H,2-3,6-7,10H2,1H3. The van der Waals surface area contributed by atoms with Crippen LogP contribution in [-0.2, 0) is 0 Å². The lowest BCUT2D eigenvalue weighted by Crippen LogP contribution is -2.39. The highest BCUT2D eigenvalue weighted by Crippen LogP contribution is 2.33. The molecule has 3 nitrogen and oxygen atoms in total. The topological polar surface area (TPSA) is 56.0 Å². The van der Waals surface area contributed by atoms with Crippen LogP contribution in [-0.4, -0.2) is 17.3 Å². The fourth-order valence-corrected chi connectivity index (χ4v) is 2.52. The van der Waals surface area contributed by atoms with Gasteiger partial charge in [-0.2, -0.15) is 5.26 Å². The van der Waals surface area contributed by atoms with E-state index >= 15 is 0 Å². The Morgan fingerprint density at radius 1 is 1.41 bits per heavy atom. The lowest BCUT2D eigenvalue weighted by atomic mass is 9.97. The summed E-state index contributed by atoms with van der Waals surface area (Å²) in [7, 11) is 0. The van der Waals surface area contributed by atoms with Crippen LogP contribution in [0, 0.1) is 18.3 Å². The molecular formula is C14H18N2O. The number of nitrogens with zero attached hydrogens (tertiary/aromatic N) is 1. The molecule has 2 rings (SSSR count). The van der Waals surface area contributed by atoms with Crippen molar-refractivity contribution >= 4 is 5.69 Å². The van der Waals surface area contributed by atoms with Crippen molar-refractivity contribution in [2.45, 2.75) is 38.1 Å². The molecule has 1 aromatic carbocycles. The van der Waals surface area contributed by atoms with Crippen molar-refractivity contribution in [3.8, 4) is 6.07 Å². The highest BCUT2D eigenvalue weighted by Gasteiger charge is 2.33. The maximum Gasteiger partial charge on any atom is 0.101 e. The van der Waals surface area contributed by atoms with Crippen LogP contribution in [0.5, 0.6) is 0 Å². The predicted octanol–water partition coefficient (Wildman–Crippen LogP) is 2.58. The Balaban J connectivity index is 2.28. The largest absolute Gasteiger partial charge is 0.394 e. The number of benzene rings is 1. The van der Waals surface area contributed by atoms with E-state index in [9.17, 15) is 5.11 Å². The molecular weight excluding hydrogens is 212 g/mol. The zero-order chi connectivity index (χ0) is 12.3. The summed E-state index contributed by atoms with van der Waals surface area (Å²) in [4.78, 5) is 0. The van der Waals surface area contributed by atoms with Crippen molar-refractivity contribution in [3.63, 3.8) is 0 Å². The minimum Gasteiger partial charge on any atom is -0.394 e. The normalized spacial score (nSPS) is 17.7. The number of nitrogens with one attached hydrogen (secondary N) is 1. The minimum absolute atomic E-state index is 0.131. The SMILES string of the molecule is Cc1ccc(C#N)c(NC2(CO)CCCC2)c1. The van der Waals surface area contributed by atoms with Gasteiger partial charge in [-0.05, 0) is 37.5 Å². The quantitative estimate of drug-likeness (QED) is 0.839. The number of rotatable bonds is 3. The Labute approximate surface area is 102 Å². The van der Waals surface area contributed by atoms with Crippen molar-refractivity contribution in [1.82, 2.24) is 0 Å². The molecule has 1 aliphatic rings. The van der Waals surface area contributed by atoms with Gasteiger partial charge in [-0.25, -0.2) is 0 Å².